The average Bonchev–Trinajstić information content (AvgIpc) is 2.81. The predicted octanol–water partition coefficient (Wildman–Crippen LogP) is 2.68. The van der Waals surface area contributed by atoms with E-state index in [9.17, 15) is 4.39 Å². The summed E-state index contributed by atoms with van der Waals surface area (Å²) in [6, 6.07) is 4.50. The van der Waals surface area contributed by atoms with Crippen molar-refractivity contribution in [3.05, 3.63) is 51.2 Å². The Balaban J connectivity index is 2.19. The number of hydrogen-bond donors (Lipinski definition) is 2. The fraction of sp³-hybridized carbons (Fsp3) is 0.182. The van der Waals surface area contributed by atoms with Crippen LogP contribution in [-0.2, 0) is 6.42 Å². The lowest BCUT2D eigenvalue weighted by Crippen LogP contribution is -2.29. The molecule has 2 aromatic rings. The third-order valence-electron chi connectivity index (χ3n) is 2.44. The van der Waals surface area contributed by atoms with Gasteiger partial charge >= 0.3 is 0 Å². The molecule has 0 aliphatic heterocycles. The highest BCUT2D eigenvalue weighted by Gasteiger charge is 2.14. The van der Waals surface area contributed by atoms with E-state index in [1.807, 2.05) is 0 Å². The van der Waals surface area contributed by atoms with E-state index in [2.05, 4.69) is 10.4 Å². The minimum absolute atomic E-state index is 0.141. The molecule has 1 heterocycles. The first kappa shape index (κ1) is 12.4. The first-order valence-corrected chi connectivity index (χ1v) is 6.25. The molecule has 0 aliphatic carbocycles. The maximum atomic E-state index is 13.6. The van der Waals surface area contributed by atoms with Crippen LogP contribution in [0.4, 0.5) is 4.39 Å². The molecule has 90 valence electrons. The third-order valence-corrected chi connectivity index (χ3v) is 3.56. The second-order valence-corrected chi connectivity index (χ2v) is 4.92. The van der Waals surface area contributed by atoms with Gasteiger partial charge in [0.2, 0.25) is 0 Å². The van der Waals surface area contributed by atoms with E-state index < -0.39 is 0 Å². The third kappa shape index (κ3) is 3.01. The van der Waals surface area contributed by atoms with Gasteiger partial charge in [-0.3, -0.25) is 16.3 Å². The largest absolute Gasteiger partial charge is 0.271 e. The topological polar surface area (TPSA) is 50.9 Å². The van der Waals surface area contributed by atoms with Gasteiger partial charge in [0.1, 0.15) is 5.82 Å². The number of nitrogens with zero attached hydrogens (tertiary/aromatic N) is 1. The molecule has 1 aromatic carbocycles. The molecular weight excluding hydrogens is 261 g/mol. The predicted molar refractivity (Wildman–Crippen MR) is 67.3 cm³/mol. The number of aromatic nitrogens is 1. The van der Waals surface area contributed by atoms with Gasteiger partial charge in [0.15, 0.2) is 0 Å². The number of thiazole rings is 1. The summed E-state index contributed by atoms with van der Waals surface area (Å²) in [6.07, 6.45) is 2.19. The first-order valence-electron chi connectivity index (χ1n) is 4.99. The van der Waals surface area contributed by atoms with Crippen LogP contribution in [0.25, 0.3) is 0 Å². The molecule has 0 radical (unpaired) electrons. The van der Waals surface area contributed by atoms with Crippen molar-refractivity contribution in [3.8, 4) is 0 Å². The molecule has 17 heavy (non-hydrogen) atoms. The van der Waals surface area contributed by atoms with Gasteiger partial charge in [-0.15, -0.1) is 11.3 Å². The van der Waals surface area contributed by atoms with E-state index >= 15 is 0 Å². The SMILES string of the molecule is NNC(Cc1ccc(Cl)cc1F)c1cncs1. The van der Waals surface area contributed by atoms with E-state index in [-0.39, 0.29) is 11.9 Å². The molecular formula is C11H11ClFN3S. The Hall–Kier alpha value is -1.01. The number of nitrogens with one attached hydrogen (secondary N) is 1. The van der Waals surface area contributed by atoms with Crippen LogP contribution in [0.2, 0.25) is 5.02 Å². The van der Waals surface area contributed by atoms with Crippen LogP contribution in [0.1, 0.15) is 16.5 Å². The van der Waals surface area contributed by atoms with Crippen molar-refractivity contribution in [2.75, 3.05) is 0 Å². The second kappa shape index (κ2) is 5.55. The number of hydrazine groups is 1. The molecule has 0 spiro atoms. The zero-order valence-corrected chi connectivity index (χ0v) is 10.4. The van der Waals surface area contributed by atoms with Gasteiger partial charge in [-0.05, 0) is 24.1 Å². The van der Waals surface area contributed by atoms with E-state index in [0.717, 1.165) is 4.88 Å². The molecule has 0 saturated heterocycles. The van der Waals surface area contributed by atoms with Gasteiger partial charge in [0.05, 0.1) is 11.6 Å². The summed E-state index contributed by atoms with van der Waals surface area (Å²) in [4.78, 5) is 4.95. The number of benzene rings is 1. The average molecular weight is 272 g/mol. The molecule has 0 amide bonds. The summed E-state index contributed by atoms with van der Waals surface area (Å²) in [7, 11) is 0. The van der Waals surface area contributed by atoms with E-state index in [0.29, 0.717) is 17.0 Å². The maximum absolute atomic E-state index is 13.6. The smallest absolute Gasteiger partial charge is 0.127 e. The number of rotatable bonds is 4. The van der Waals surface area contributed by atoms with Gasteiger partial charge < -0.3 is 0 Å². The standard InChI is InChI=1S/C11H11ClFN3S/c12-8-2-1-7(9(13)4-8)3-10(16-14)11-5-15-6-17-11/h1-2,4-6,10,16H,3,14H2. The molecule has 1 atom stereocenters. The summed E-state index contributed by atoms with van der Waals surface area (Å²) >= 11 is 7.18. The monoisotopic (exact) mass is 271 g/mol. The van der Waals surface area contributed by atoms with Crippen LogP contribution in [0.15, 0.2) is 29.9 Å². The molecule has 0 aliphatic rings. The Morgan fingerprint density at radius 3 is 2.94 bits per heavy atom. The molecule has 3 nitrogen and oxygen atoms in total. The summed E-state index contributed by atoms with van der Waals surface area (Å²) < 4.78 is 13.6. The molecule has 6 heteroatoms. The van der Waals surface area contributed by atoms with Crippen LogP contribution in [-0.4, -0.2) is 4.98 Å². The Morgan fingerprint density at radius 2 is 2.35 bits per heavy atom. The molecule has 3 N–H and O–H groups in total. The molecule has 0 bridgehead atoms. The lowest BCUT2D eigenvalue weighted by atomic mass is 10.1. The van der Waals surface area contributed by atoms with E-state index in [1.165, 1.54) is 17.4 Å². The first-order chi connectivity index (χ1) is 8.20. The van der Waals surface area contributed by atoms with Crippen LogP contribution < -0.4 is 11.3 Å². The quantitative estimate of drug-likeness (QED) is 0.664. The number of hydrogen-bond acceptors (Lipinski definition) is 4. The Labute approximate surface area is 107 Å². The van der Waals surface area contributed by atoms with Crippen molar-refractivity contribution in [1.82, 2.24) is 10.4 Å². The Kier molecular flexibility index (Phi) is 4.06. The summed E-state index contributed by atoms with van der Waals surface area (Å²) in [5.74, 6) is 5.15. The van der Waals surface area contributed by atoms with Crippen LogP contribution >= 0.6 is 22.9 Å². The number of nitrogens with two attached hydrogens (primary N) is 1. The summed E-state index contributed by atoms with van der Waals surface area (Å²) in [5.41, 5.74) is 4.96. The fourth-order valence-corrected chi connectivity index (χ4v) is 2.39. The molecule has 2 rings (SSSR count). The van der Waals surface area contributed by atoms with E-state index in [1.54, 1.807) is 23.8 Å². The van der Waals surface area contributed by atoms with Crippen molar-refractivity contribution >= 4 is 22.9 Å². The van der Waals surface area contributed by atoms with E-state index in [4.69, 9.17) is 17.4 Å². The summed E-state index contributed by atoms with van der Waals surface area (Å²) in [5, 5.41) is 0.390. The normalized spacial score (nSPS) is 12.6. The van der Waals surface area contributed by atoms with Gasteiger partial charge in [-0.25, -0.2) is 4.39 Å². The molecule has 0 fully saturated rings. The highest BCUT2D eigenvalue weighted by molar-refractivity contribution is 7.09. The second-order valence-electron chi connectivity index (χ2n) is 3.56. The Bertz CT molecular complexity index is 489. The van der Waals surface area contributed by atoms with Gasteiger partial charge in [-0.2, -0.15) is 0 Å². The molecule has 0 saturated carbocycles. The zero-order chi connectivity index (χ0) is 12.3. The van der Waals surface area contributed by atoms with Crippen molar-refractivity contribution in [2.24, 2.45) is 5.84 Å². The minimum Gasteiger partial charge on any atom is -0.271 e. The fourth-order valence-electron chi connectivity index (χ4n) is 1.55. The van der Waals surface area contributed by atoms with Crippen molar-refractivity contribution in [3.63, 3.8) is 0 Å². The van der Waals surface area contributed by atoms with Gasteiger partial charge in [0, 0.05) is 16.1 Å². The number of halogens is 2. The minimum atomic E-state index is -0.317. The highest BCUT2D eigenvalue weighted by Crippen LogP contribution is 2.23. The van der Waals surface area contributed by atoms with Crippen molar-refractivity contribution in [2.45, 2.75) is 12.5 Å². The lowest BCUT2D eigenvalue weighted by molar-refractivity contribution is 0.535. The lowest BCUT2D eigenvalue weighted by Gasteiger charge is -2.14. The van der Waals surface area contributed by atoms with Crippen LogP contribution in [0.5, 0.6) is 0 Å². The molecule has 1 unspecified atom stereocenters. The highest BCUT2D eigenvalue weighted by atomic mass is 35.5. The molecule has 1 aromatic heterocycles. The van der Waals surface area contributed by atoms with Crippen LogP contribution in [0.3, 0.4) is 0 Å². The summed E-state index contributed by atoms with van der Waals surface area (Å²) in [6.45, 7) is 0. The van der Waals surface area contributed by atoms with Crippen molar-refractivity contribution in [1.29, 1.82) is 0 Å². The van der Waals surface area contributed by atoms with Crippen molar-refractivity contribution < 1.29 is 4.39 Å². The van der Waals surface area contributed by atoms with Gasteiger partial charge in [0.25, 0.3) is 0 Å². The van der Waals surface area contributed by atoms with Crippen LogP contribution in [0, 0.1) is 5.82 Å². The maximum Gasteiger partial charge on any atom is 0.127 e. The Morgan fingerprint density at radius 1 is 1.53 bits per heavy atom. The zero-order valence-electron chi connectivity index (χ0n) is 8.86. The van der Waals surface area contributed by atoms with Gasteiger partial charge in [-0.1, -0.05) is 17.7 Å².